The molecule has 0 amide bonds. The van der Waals surface area contributed by atoms with Crippen LogP contribution in [0.1, 0.15) is 25.0 Å². The Balaban J connectivity index is 1.62. The minimum atomic E-state index is -0.546. The predicted molar refractivity (Wildman–Crippen MR) is 129 cm³/mol. The summed E-state index contributed by atoms with van der Waals surface area (Å²) < 4.78 is 16.7. The summed E-state index contributed by atoms with van der Waals surface area (Å²) in [5.41, 5.74) is 3.65. The van der Waals surface area contributed by atoms with E-state index in [1.165, 1.54) is 6.92 Å². The zero-order chi connectivity index (χ0) is 23.4. The third kappa shape index (κ3) is 5.21. The highest BCUT2D eigenvalue weighted by molar-refractivity contribution is 9.10. The number of halogens is 1. The van der Waals surface area contributed by atoms with Gasteiger partial charge >= 0.3 is 11.9 Å². The van der Waals surface area contributed by atoms with Crippen molar-refractivity contribution in [3.05, 3.63) is 88.0 Å². The number of nitrogens with zero attached hydrogens (tertiary/aromatic N) is 1. The maximum absolute atomic E-state index is 12.4. The van der Waals surface area contributed by atoms with Crippen LogP contribution >= 0.6 is 15.9 Å². The van der Waals surface area contributed by atoms with Gasteiger partial charge in [0.05, 0.1) is 11.1 Å². The van der Waals surface area contributed by atoms with E-state index in [0.29, 0.717) is 28.0 Å². The van der Waals surface area contributed by atoms with Gasteiger partial charge in [-0.3, -0.25) is 4.79 Å². The smallest absolute Gasteiger partial charge is 0.363 e. The van der Waals surface area contributed by atoms with Crippen molar-refractivity contribution in [1.29, 1.82) is 0 Å². The summed E-state index contributed by atoms with van der Waals surface area (Å²) in [4.78, 5) is 28.2. The molecule has 1 aliphatic heterocycles. The Labute approximate surface area is 199 Å². The first-order valence-corrected chi connectivity index (χ1v) is 11.1. The molecule has 0 saturated carbocycles. The van der Waals surface area contributed by atoms with Crippen LogP contribution in [0.25, 0.3) is 17.2 Å². The fourth-order valence-electron chi connectivity index (χ4n) is 3.30. The van der Waals surface area contributed by atoms with E-state index in [1.807, 2.05) is 61.5 Å². The number of benzene rings is 3. The first-order valence-electron chi connectivity index (χ1n) is 10.3. The van der Waals surface area contributed by atoms with Crippen molar-refractivity contribution in [2.45, 2.75) is 13.8 Å². The summed E-state index contributed by atoms with van der Waals surface area (Å²) in [6.07, 6.45) is 1.60. The summed E-state index contributed by atoms with van der Waals surface area (Å²) in [5, 5.41) is 0. The van der Waals surface area contributed by atoms with Gasteiger partial charge in [0, 0.05) is 12.5 Å². The highest BCUT2D eigenvalue weighted by atomic mass is 79.9. The Kier molecular flexibility index (Phi) is 6.70. The van der Waals surface area contributed by atoms with E-state index in [2.05, 4.69) is 20.9 Å². The molecule has 1 aliphatic rings. The van der Waals surface area contributed by atoms with Crippen molar-refractivity contribution in [2.24, 2.45) is 4.99 Å². The molecule has 0 bridgehead atoms. The standard InChI is InChI=1S/C26H20BrNO5/c1-3-31-23-15-17(13-21(27)24(23)32-16(2)29)14-22-26(30)33-25(28-22)20-11-9-19(10-12-20)18-7-5-4-6-8-18/h4-15H,3H2,1-2H3/b22-14-. The number of rotatable bonds is 6. The van der Waals surface area contributed by atoms with Gasteiger partial charge in [0.1, 0.15) is 0 Å². The molecule has 0 aromatic heterocycles. The fraction of sp³-hybridized carbons (Fsp3) is 0.115. The minimum absolute atomic E-state index is 0.159. The second-order valence-electron chi connectivity index (χ2n) is 7.14. The van der Waals surface area contributed by atoms with Gasteiger partial charge in [0.25, 0.3) is 0 Å². The van der Waals surface area contributed by atoms with Crippen LogP contribution in [-0.2, 0) is 14.3 Å². The van der Waals surface area contributed by atoms with E-state index in [-0.39, 0.29) is 17.3 Å². The molecule has 3 aromatic rings. The molecule has 33 heavy (non-hydrogen) atoms. The highest BCUT2D eigenvalue weighted by Crippen LogP contribution is 2.38. The number of ether oxygens (including phenoxy) is 3. The second-order valence-corrected chi connectivity index (χ2v) is 7.99. The third-order valence-electron chi connectivity index (χ3n) is 4.74. The summed E-state index contributed by atoms with van der Waals surface area (Å²) >= 11 is 3.40. The molecule has 0 atom stereocenters. The molecule has 166 valence electrons. The van der Waals surface area contributed by atoms with Crippen LogP contribution in [0.15, 0.2) is 81.9 Å². The van der Waals surface area contributed by atoms with Crippen molar-refractivity contribution in [2.75, 3.05) is 6.61 Å². The number of hydrogen-bond donors (Lipinski definition) is 0. The van der Waals surface area contributed by atoms with Crippen LogP contribution in [0.4, 0.5) is 0 Å². The van der Waals surface area contributed by atoms with Gasteiger partial charge < -0.3 is 14.2 Å². The highest BCUT2D eigenvalue weighted by Gasteiger charge is 2.24. The zero-order valence-electron chi connectivity index (χ0n) is 18.0. The van der Waals surface area contributed by atoms with Crippen molar-refractivity contribution in [3.63, 3.8) is 0 Å². The molecule has 0 unspecified atom stereocenters. The van der Waals surface area contributed by atoms with Gasteiger partial charge in [-0.05, 0) is 69.9 Å². The van der Waals surface area contributed by atoms with Crippen LogP contribution in [0.2, 0.25) is 0 Å². The van der Waals surface area contributed by atoms with Crippen molar-refractivity contribution in [1.82, 2.24) is 0 Å². The first-order chi connectivity index (χ1) is 15.9. The Bertz CT molecular complexity index is 1260. The van der Waals surface area contributed by atoms with Gasteiger partial charge in [-0.25, -0.2) is 9.79 Å². The van der Waals surface area contributed by atoms with E-state index < -0.39 is 11.9 Å². The largest absolute Gasteiger partial charge is 0.490 e. The maximum Gasteiger partial charge on any atom is 0.363 e. The number of cyclic esters (lactones) is 1. The van der Waals surface area contributed by atoms with E-state index in [1.54, 1.807) is 18.2 Å². The van der Waals surface area contributed by atoms with Gasteiger partial charge in [0.2, 0.25) is 5.90 Å². The lowest BCUT2D eigenvalue weighted by molar-refractivity contribution is -0.132. The topological polar surface area (TPSA) is 74.2 Å². The monoisotopic (exact) mass is 505 g/mol. The number of esters is 2. The normalized spacial score (nSPS) is 14.1. The van der Waals surface area contributed by atoms with Crippen molar-refractivity contribution < 1.29 is 23.8 Å². The van der Waals surface area contributed by atoms with Crippen molar-refractivity contribution in [3.8, 4) is 22.6 Å². The number of aliphatic imine (C=N–C) groups is 1. The molecule has 1 heterocycles. The number of carbonyl (C=O) groups excluding carboxylic acids is 2. The molecule has 0 radical (unpaired) electrons. The lowest BCUT2D eigenvalue weighted by Gasteiger charge is -2.12. The predicted octanol–water partition coefficient (Wildman–Crippen LogP) is 5.78. The quantitative estimate of drug-likeness (QED) is 0.241. The van der Waals surface area contributed by atoms with Gasteiger partial charge in [-0.15, -0.1) is 0 Å². The zero-order valence-corrected chi connectivity index (χ0v) is 19.6. The van der Waals surface area contributed by atoms with Crippen LogP contribution in [0, 0.1) is 0 Å². The Morgan fingerprint density at radius 1 is 1.03 bits per heavy atom. The summed E-state index contributed by atoms with van der Waals surface area (Å²) in [6, 6.07) is 21.0. The third-order valence-corrected chi connectivity index (χ3v) is 5.33. The Hall–Kier alpha value is -3.71. The molecule has 0 saturated heterocycles. The summed E-state index contributed by atoms with van der Waals surface area (Å²) in [5.74, 6) is -0.111. The molecular formula is C26H20BrNO5. The SMILES string of the molecule is CCOc1cc(/C=C2\N=C(c3ccc(-c4ccccc4)cc3)OC2=O)cc(Br)c1OC(C)=O. The molecular weight excluding hydrogens is 486 g/mol. The molecule has 0 N–H and O–H groups in total. The first kappa shape index (κ1) is 22.5. The summed E-state index contributed by atoms with van der Waals surface area (Å²) in [7, 11) is 0. The maximum atomic E-state index is 12.4. The van der Waals surface area contributed by atoms with Crippen molar-refractivity contribution >= 4 is 39.8 Å². The van der Waals surface area contributed by atoms with Gasteiger partial charge in [-0.1, -0.05) is 42.5 Å². The van der Waals surface area contributed by atoms with Gasteiger partial charge in [0.15, 0.2) is 17.2 Å². The van der Waals surface area contributed by atoms with Crippen LogP contribution in [-0.4, -0.2) is 24.4 Å². The van der Waals surface area contributed by atoms with Crippen LogP contribution in [0.3, 0.4) is 0 Å². The van der Waals surface area contributed by atoms with E-state index in [9.17, 15) is 9.59 Å². The Morgan fingerprint density at radius 3 is 2.36 bits per heavy atom. The molecule has 7 heteroatoms. The van der Waals surface area contributed by atoms with Crippen LogP contribution in [0.5, 0.6) is 11.5 Å². The fourth-order valence-corrected chi connectivity index (χ4v) is 3.84. The van der Waals surface area contributed by atoms with E-state index in [0.717, 1.165) is 11.1 Å². The van der Waals surface area contributed by atoms with Crippen LogP contribution < -0.4 is 9.47 Å². The van der Waals surface area contributed by atoms with Gasteiger partial charge in [-0.2, -0.15) is 0 Å². The van der Waals surface area contributed by atoms with E-state index >= 15 is 0 Å². The molecule has 0 spiro atoms. The molecule has 4 rings (SSSR count). The average Bonchev–Trinajstić information content (AvgIpc) is 3.17. The Morgan fingerprint density at radius 2 is 1.70 bits per heavy atom. The number of hydrogen-bond acceptors (Lipinski definition) is 6. The molecule has 0 fully saturated rings. The molecule has 0 aliphatic carbocycles. The van der Waals surface area contributed by atoms with E-state index in [4.69, 9.17) is 14.2 Å². The lowest BCUT2D eigenvalue weighted by Crippen LogP contribution is -2.06. The lowest BCUT2D eigenvalue weighted by atomic mass is 10.0. The molecule has 3 aromatic carbocycles. The number of carbonyl (C=O) groups is 2. The summed E-state index contributed by atoms with van der Waals surface area (Å²) in [6.45, 7) is 3.52. The molecule has 6 nitrogen and oxygen atoms in total. The average molecular weight is 506 g/mol. The second kappa shape index (κ2) is 9.83. The minimum Gasteiger partial charge on any atom is -0.490 e.